The van der Waals surface area contributed by atoms with E-state index in [1.54, 1.807) is 11.1 Å². The number of nitrogens with one attached hydrogen (secondary N) is 1. The van der Waals surface area contributed by atoms with Crippen LogP contribution in [0.5, 0.6) is 0 Å². The molecule has 1 saturated heterocycles. The number of H-pyrrole nitrogens is 1. The van der Waals surface area contributed by atoms with Crippen LogP contribution in [-0.2, 0) is 11.2 Å². The van der Waals surface area contributed by atoms with Crippen LogP contribution >= 0.6 is 24.0 Å². The third kappa shape index (κ3) is 2.15. The molecule has 1 N–H and O–H groups in total. The number of aromatic nitrogens is 2. The zero-order valence-electron chi connectivity index (χ0n) is 10.4. The Hall–Kier alpha value is -1.40. The Morgan fingerprint density at radius 1 is 1.58 bits per heavy atom. The molecule has 1 aliphatic rings. The smallest absolute Gasteiger partial charge is 0.241 e. The molecule has 1 amide bonds. The number of thiocarbonyl (C=S) groups is 1. The van der Waals surface area contributed by atoms with E-state index < -0.39 is 0 Å². The minimum absolute atomic E-state index is 0.114. The van der Waals surface area contributed by atoms with Gasteiger partial charge in [-0.25, -0.2) is 0 Å². The molecule has 4 nitrogen and oxygen atoms in total. The van der Waals surface area contributed by atoms with Gasteiger partial charge < -0.3 is 4.98 Å². The second kappa shape index (κ2) is 4.94. The minimum Gasteiger partial charge on any atom is -0.360 e. The van der Waals surface area contributed by atoms with Crippen molar-refractivity contribution < 1.29 is 4.79 Å². The average Bonchev–Trinajstić information content (AvgIpc) is 2.93. The summed E-state index contributed by atoms with van der Waals surface area (Å²) in [6.07, 6.45) is 4.37. The van der Waals surface area contributed by atoms with Crippen LogP contribution < -0.4 is 0 Å². The highest BCUT2D eigenvalue weighted by Gasteiger charge is 2.36. The Morgan fingerprint density at radius 2 is 2.42 bits per heavy atom. The van der Waals surface area contributed by atoms with E-state index in [9.17, 15) is 4.79 Å². The highest BCUT2D eigenvalue weighted by atomic mass is 32.2. The number of fused-ring (bicyclic) bond motifs is 1. The summed E-state index contributed by atoms with van der Waals surface area (Å²) >= 11 is 6.71. The molecule has 0 bridgehead atoms. The first-order valence-electron chi connectivity index (χ1n) is 6.13. The molecule has 3 heterocycles. The fourth-order valence-electron chi connectivity index (χ4n) is 2.28. The molecule has 2 aromatic rings. The van der Waals surface area contributed by atoms with Gasteiger partial charge in [-0.15, -0.1) is 0 Å². The normalized spacial score (nSPS) is 19.6. The van der Waals surface area contributed by atoms with Gasteiger partial charge >= 0.3 is 0 Å². The zero-order chi connectivity index (χ0) is 13.4. The lowest BCUT2D eigenvalue weighted by molar-refractivity contribution is -0.125. The molecule has 1 unspecified atom stereocenters. The maximum Gasteiger partial charge on any atom is 0.241 e. The zero-order valence-corrected chi connectivity index (χ0v) is 12.1. The van der Waals surface area contributed by atoms with Crippen LogP contribution in [0.1, 0.15) is 12.5 Å². The van der Waals surface area contributed by atoms with Gasteiger partial charge in [0.05, 0.1) is 16.3 Å². The number of thioether (sulfide) groups is 1. The predicted octanol–water partition coefficient (Wildman–Crippen LogP) is 2.35. The van der Waals surface area contributed by atoms with Crippen LogP contribution in [0.25, 0.3) is 11.0 Å². The number of hydrogen-bond donors (Lipinski definition) is 1. The highest BCUT2D eigenvalue weighted by Crippen LogP contribution is 2.31. The molecule has 0 aromatic carbocycles. The molecule has 6 heteroatoms. The van der Waals surface area contributed by atoms with Crippen LogP contribution in [0.15, 0.2) is 24.5 Å². The van der Waals surface area contributed by atoms with Crippen LogP contribution in [0, 0.1) is 0 Å². The van der Waals surface area contributed by atoms with E-state index in [-0.39, 0.29) is 11.2 Å². The molecule has 98 valence electrons. The molecule has 1 fully saturated rings. The van der Waals surface area contributed by atoms with Crippen LogP contribution in [0.4, 0.5) is 0 Å². The second-order valence-corrected chi connectivity index (χ2v) is 6.21. The second-order valence-electron chi connectivity index (χ2n) is 4.37. The molecular weight excluding hydrogens is 278 g/mol. The van der Waals surface area contributed by atoms with Crippen molar-refractivity contribution >= 4 is 45.2 Å². The van der Waals surface area contributed by atoms with E-state index in [0.717, 1.165) is 16.6 Å². The Labute approximate surface area is 120 Å². The molecule has 0 aliphatic carbocycles. The number of nitrogens with zero attached hydrogens (tertiary/aromatic N) is 2. The van der Waals surface area contributed by atoms with Gasteiger partial charge in [-0.05, 0) is 31.0 Å². The molecule has 1 aliphatic heterocycles. The van der Waals surface area contributed by atoms with E-state index >= 15 is 0 Å². The molecule has 0 radical (unpaired) electrons. The molecular formula is C13H13N3OS2. The largest absolute Gasteiger partial charge is 0.360 e. The molecule has 0 saturated carbocycles. The molecule has 0 spiro atoms. The minimum atomic E-state index is -0.117. The quantitative estimate of drug-likeness (QED) is 0.882. The van der Waals surface area contributed by atoms with Gasteiger partial charge in [-0.3, -0.25) is 14.7 Å². The highest BCUT2D eigenvalue weighted by molar-refractivity contribution is 8.24. The first kappa shape index (κ1) is 12.6. The number of carbonyl (C=O) groups excluding carboxylic acids is 1. The van der Waals surface area contributed by atoms with E-state index in [4.69, 9.17) is 12.2 Å². The number of aromatic amines is 1. The number of hydrogen-bond acceptors (Lipinski definition) is 4. The first-order chi connectivity index (χ1) is 9.20. The van der Waals surface area contributed by atoms with Crippen LogP contribution in [0.2, 0.25) is 0 Å². The summed E-state index contributed by atoms with van der Waals surface area (Å²) in [4.78, 5) is 21.4. The predicted molar refractivity (Wildman–Crippen MR) is 81.2 cm³/mol. The Morgan fingerprint density at radius 3 is 3.16 bits per heavy atom. The van der Waals surface area contributed by atoms with E-state index in [2.05, 4.69) is 9.97 Å². The van der Waals surface area contributed by atoms with Crippen molar-refractivity contribution in [2.75, 3.05) is 6.54 Å². The van der Waals surface area contributed by atoms with Gasteiger partial charge in [0.1, 0.15) is 4.32 Å². The monoisotopic (exact) mass is 291 g/mol. The SMILES string of the molecule is CCN1C(=O)C(Cc2c[nH]c3cccnc23)SC1=S. The molecule has 2 aromatic heterocycles. The fourth-order valence-corrected chi connectivity index (χ4v) is 3.93. The lowest BCUT2D eigenvalue weighted by Gasteiger charge is -2.11. The Kier molecular flexibility index (Phi) is 3.28. The number of amides is 1. The third-order valence-electron chi connectivity index (χ3n) is 3.24. The van der Waals surface area contributed by atoms with Crippen molar-refractivity contribution in [2.24, 2.45) is 0 Å². The summed E-state index contributed by atoms with van der Waals surface area (Å²) in [6.45, 7) is 2.59. The van der Waals surface area contributed by atoms with Gasteiger partial charge in [0.2, 0.25) is 5.91 Å². The number of pyridine rings is 1. The maximum absolute atomic E-state index is 12.2. The van der Waals surface area contributed by atoms with Crippen molar-refractivity contribution in [3.63, 3.8) is 0 Å². The van der Waals surface area contributed by atoms with E-state index in [0.29, 0.717) is 17.3 Å². The Bertz CT molecular complexity index is 652. The summed E-state index contributed by atoms with van der Waals surface area (Å²) in [7, 11) is 0. The van der Waals surface area contributed by atoms with Crippen molar-refractivity contribution in [1.82, 2.24) is 14.9 Å². The van der Waals surface area contributed by atoms with Crippen molar-refractivity contribution in [3.05, 3.63) is 30.1 Å². The topological polar surface area (TPSA) is 49.0 Å². The Balaban J connectivity index is 1.86. The number of rotatable bonds is 3. The van der Waals surface area contributed by atoms with E-state index in [1.807, 2.05) is 25.3 Å². The first-order valence-corrected chi connectivity index (χ1v) is 7.42. The molecule has 19 heavy (non-hydrogen) atoms. The van der Waals surface area contributed by atoms with Crippen molar-refractivity contribution in [2.45, 2.75) is 18.6 Å². The molecule has 3 rings (SSSR count). The fraction of sp³-hybridized carbons (Fsp3) is 0.308. The lowest BCUT2D eigenvalue weighted by atomic mass is 10.1. The lowest BCUT2D eigenvalue weighted by Crippen LogP contribution is -2.31. The third-order valence-corrected chi connectivity index (χ3v) is 4.82. The van der Waals surface area contributed by atoms with E-state index in [1.165, 1.54) is 11.8 Å². The van der Waals surface area contributed by atoms with Gasteiger partial charge in [0, 0.05) is 18.9 Å². The summed E-state index contributed by atoms with van der Waals surface area (Å²) in [5.74, 6) is 0.114. The summed E-state index contributed by atoms with van der Waals surface area (Å²) in [5.41, 5.74) is 3.02. The standard InChI is InChI=1S/C13H13N3OS2/c1-2-16-12(17)10(19-13(16)18)6-8-7-15-9-4-3-5-14-11(8)9/h3-5,7,10,15H,2,6H2,1H3. The average molecular weight is 291 g/mol. The summed E-state index contributed by atoms with van der Waals surface area (Å²) < 4.78 is 0.685. The summed E-state index contributed by atoms with van der Waals surface area (Å²) in [6, 6.07) is 3.88. The van der Waals surface area contributed by atoms with Gasteiger partial charge in [-0.2, -0.15) is 0 Å². The van der Waals surface area contributed by atoms with Gasteiger partial charge in [-0.1, -0.05) is 24.0 Å². The van der Waals surface area contributed by atoms with Crippen molar-refractivity contribution in [1.29, 1.82) is 0 Å². The van der Waals surface area contributed by atoms with Crippen LogP contribution in [0.3, 0.4) is 0 Å². The van der Waals surface area contributed by atoms with Gasteiger partial charge in [0.15, 0.2) is 0 Å². The maximum atomic E-state index is 12.2. The van der Waals surface area contributed by atoms with Crippen LogP contribution in [-0.4, -0.2) is 36.9 Å². The summed E-state index contributed by atoms with van der Waals surface area (Å²) in [5, 5.41) is -0.117. The molecule has 1 atom stereocenters. The van der Waals surface area contributed by atoms with Gasteiger partial charge in [0.25, 0.3) is 0 Å². The van der Waals surface area contributed by atoms with Crippen molar-refractivity contribution in [3.8, 4) is 0 Å². The number of carbonyl (C=O) groups is 1.